The lowest BCUT2D eigenvalue weighted by Gasteiger charge is -2.23. The summed E-state index contributed by atoms with van der Waals surface area (Å²) < 4.78 is 24.5. The summed E-state index contributed by atoms with van der Waals surface area (Å²) in [7, 11) is -3.12. The monoisotopic (exact) mass is 289 g/mol. The molecule has 0 atom stereocenters. The number of hydrogen-bond acceptors (Lipinski definition) is 4. The third-order valence-corrected chi connectivity index (χ3v) is 3.47. The van der Waals surface area contributed by atoms with Gasteiger partial charge in [-0.05, 0) is 37.6 Å². The first-order valence-electron chi connectivity index (χ1n) is 5.89. The molecule has 1 aromatic carbocycles. The van der Waals surface area contributed by atoms with Crippen LogP contribution in [-0.2, 0) is 10.0 Å². The minimum absolute atomic E-state index is 0. The van der Waals surface area contributed by atoms with Crippen molar-refractivity contribution in [3.8, 4) is 0 Å². The van der Waals surface area contributed by atoms with Crippen molar-refractivity contribution in [1.82, 2.24) is 4.72 Å². The van der Waals surface area contributed by atoms with Crippen molar-refractivity contribution in [1.29, 1.82) is 0 Å². The van der Waals surface area contributed by atoms with Gasteiger partial charge in [-0.3, -0.25) is 0 Å². The lowest BCUT2D eigenvalue weighted by Crippen LogP contribution is -2.34. The molecule has 0 heterocycles. The van der Waals surface area contributed by atoms with Gasteiger partial charge < -0.3 is 16.1 Å². The van der Waals surface area contributed by atoms with E-state index in [2.05, 4.69) is 9.62 Å². The Hall–Kier alpha value is -1.31. The molecule has 0 aliphatic heterocycles. The second kappa shape index (κ2) is 7.32. The smallest absolute Gasteiger partial charge is 0.208 e. The number of nitrogens with zero attached hydrogens (tertiary/aromatic N) is 1. The minimum atomic E-state index is -3.12. The number of likely N-dealkylation sites (N-methyl/N-ethyl adjacent to an activating group) is 1. The van der Waals surface area contributed by atoms with E-state index < -0.39 is 10.0 Å². The topological polar surface area (TPSA) is 107 Å². The maximum absolute atomic E-state index is 11.0. The quantitative estimate of drug-likeness (QED) is 0.726. The van der Waals surface area contributed by atoms with Gasteiger partial charge in [0, 0.05) is 31.0 Å². The predicted molar refractivity (Wildman–Crippen MR) is 79.9 cm³/mol. The number of rotatable bonds is 6. The molecule has 0 aliphatic rings. The van der Waals surface area contributed by atoms with Gasteiger partial charge in [-0.15, -0.1) is 0 Å². The summed E-state index contributed by atoms with van der Waals surface area (Å²) in [5.74, 6) is 0. The van der Waals surface area contributed by atoms with E-state index in [1.807, 2.05) is 32.0 Å². The zero-order valence-corrected chi connectivity index (χ0v) is 12.4. The van der Waals surface area contributed by atoms with Crippen molar-refractivity contribution < 1.29 is 13.9 Å². The first kappa shape index (κ1) is 17.7. The molecule has 0 bridgehead atoms. The molecular formula is C12H23N3O3S. The highest BCUT2D eigenvalue weighted by Crippen LogP contribution is 2.20. The van der Waals surface area contributed by atoms with Gasteiger partial charge in [-0.25, -0.2) is 13.1 Å². The summed E-state index contributed by atoms with van der Waals surface area (Å²) in [5, 5.41) is 0. The van der Waals surface area contributed by atoms with Gasteiger partial charge in [0.2, 0.25) is 10.0 Å². The van der Waals surface area contributed by atoms with E-state index in [0.717, 1.165) is 29.7 Å². The highest BCUT2D eigenvalue weighted by Gasteiger charge is 2.07. The van der Waals surface area contributed by atoms with Crippen molar-refractivity contribution in [2.24, 2.45) is 0 Å². The molecule has 6 nitrogen and oxygen atoms in total. The molecule has 7 heteroatoms. The molecule has 0 saturated carbocycles. The van der Waals surface area contributed by atoms with E-state index >= 15 is 0 Å². The van der Waals surface area contributed by atoms with E-state index in [-0.39, 0.29) is 5.48 Å². The van der Waals surface area contributed by atoms with E-state index in [1.54, 1.807) is 0 Å². The zero-order valence-electron chi connectivity index (χ0n) is 11.6. The maximum atomic E-state index is 11.0. The molecule has 110 valence electrons. The Morgan fingerprint density at radius 2 is 2.00 bits per heavy atom. The molecule has 1 rings (SSSR count). The summed E-state index contributed by atoms with van der Waals surface area (Å²) in [4.78, 5) is 2.10. The number of sulfonamides is 1. The lowest BCUT2D eigenvalue weighted by molar-refractivity contribution is 0.587. The fourth-order valence-corrected chi connectivity index (χ4v) is 2.15. The Labute approximate surface area is 115 Å². The molecule has 0 aliphatic carbocycles. The zero-order chi connectivity index (χ0) is 13.8. The summed E-state index contributed by atoms with van der Waals surface area (Å²) >= 11 is 0. The number of nitrogens with two attached hydrogens (primary N) is 1. The number of nitrogens with one attached hydrogen (secondary N) is 1. The van der Waals surface area contributed by atoms with Crippen LogP contribution >= 0.6 is 0 Å². The van der Waals surface area contributed by atoms with E-state index in [4.69, 9.17) is 5.73 Å². The van der Waals surface area contributed by atoms with Crippen molar-refractivity contribution in [2.75, 3.05) is 36.5 Å². The normalized spacial score (nSPS) is 10.9. The Balaban J connectivity index is 0.00000324. The molecule has 0 radical (unpaired) electrons. The van der Waals surface area contributed by atoms with Gasteiger partial charge >= 0.3 is 0 Å². The van der Waals surface area contributed by atoms with Crippen LogP contribution in [0.25, 0.3) is 0 Å². The van der Waals surface area contributed by atoms with Crippen LogP contribution in [0.3, 0.4) is 0 Å². The molecule has 5 N–H and O–H groups in total. The Morgan fingerprint density at radius 3 is 2.47 bits per heavy atom. The van der Waals surface area contributed by atoms with Crippen LogP contribution in [0.1, 0.15) is 12.5 Å². The number of hydrogen-bond donors (Lipinski definition) is 2. The van der Waals surface area contributed by atoms with Crippen LogP contribution in [0.15, 0.2) is 18.2 Å². The van der Waals surface area contributed by atoms with Crippen LogP contribution in [0.5, 0.6) is 0 Å². The number of nitrogen functional groups attached to an aromatic ring is 1. The summed E-state index contributed by atoms with van der Waals surface area (Å²) in [6, 6.07) is 5.84. The van der Waals surface area contributed by atoms with Gasteiger partial charge in [0.25, 0.3) is 0 Å². The number of anilines is 2. The minimum Gasteiger partial charge on any atom is -0.412 e. The molecule has 1 aromatic rings. The van der Waals surface area contributed by atoms with Crippen molar-refractivity contribution in [2.45, 2.75) is 13.8 Å². The Kier molecular flexibility index (Phi) is 6.82. The highest BCUT2D eigenvalue weighted by atomic mass is 32.2. The van der Waals surface area contributed by atoms with Crippen molar-refractivity contribution in [3.05, 3.63) is 23.8 Å². The average molecular weight is 289 g/mol. The van der Waals surface area contributed by atoms with Crippen LogP contribution < -0.4 is 15.4 Å². The second-order valence-corrected chi connectivity index (χ2v) is 6.12. The molecule has 0 fully saturated rings. The maximum Gasteiger partial charge on any atom is 0.208 e. The van der Waals surface area contributed by atoms with Crippen molar-refractivity contribution in [3.63, 3.8) is 0 Å². The third kappa shape index (κ3) is 5.91. The van der Waals surface area contributed by atoms with E-state index in [1.165, 1.54) is 0 Å². The lowest BCUT2D eigenvalue weighted by atomic mass is 10.1. The van der Waals surface area contributed by atoms with Gasteiger partial charge in [0.15, 0.2) is 0 Å². The van der Waals surface area contributed by atoms with Crippen LogP contribution in [0, 0.1) is 6.92 Å². The fraction of sp³-hybridized carbons (Fsp3) is 0.500. The van der Waals surface area contributed by atoms with Gasteiger partial charge in [-0.1, -0.05) is 0 Å². The second-order valence-electron chi connectivity index (χ2n) is 4.29. The molecule has 0 amide bonds. The Bertz CT molecular complexity index is 503. The largest absolute Gasteiger partial charge is 0.412 e. The summed E-state index contributed by atoms with van der Waals surface area (Å²) in [6.45, 7) is 5.84. The van der Waals surface area contributed by atoms with Crippen LogP contribution in [-0.4, -0.2) is 39.8 Å². The number of aryl methyl sites for hydroxylation is 1. The van der Waals surface area contributed by atoms with E-state index in [0.29, 0.717) is 13.1 Å². The molecule has 0 aromatic heterocycles. The SMILES string of the molecule is CCN(CCNS(C)(=O)=O)c1ccc(N)c(C)c1.O. The van der Waals surface area contributed by atoms with Gasteiger partial charge in [0.1, 0.15) is 0 Å². The number of benzene rings is 1. The Morgan fingerprint density at radius 1 is 1.37 bits per heavy atom. The van der Waals surface area contributed by atoms with Crippen molar-refractivity contribution >= 4 is 21.4 Å². The van der Waals surface area contributed by atoms with Gasteiger partial charge in [0.05, 0.1) is 6.26 Å². The van der Waals surface area contributed by atoms with Crippen LogP contribution in [0.2, 0.25) is 0 Å². The summed E-state index contributed by atoms with van der Waals surface area (Å²) in [5.41, 5.74) is 8.63. The standard InChI is InChI=1S/C12H21N3O2S.H2O/c1-4-15(8-7-14-18(3,16)17)11-5-6-12(13)10(2)9-11;/h5-6,9,14H,4,7-8,13H2,1-3H3;1H2. The average Bonchev–Trinajstić information content (AvgIpc) is 2.27. The first-order valence-corrected chi connectivity index (χ1v) is 7.78. The summed E-state index contributed by atoms with van der Waals surface area (Å²) in [6.07, 6.45) is 1.16. The van der Waals surface area contributed by atoms with E-state index in [9.17, 15) is 8.42 Å². The highest BCUT2D eigenvalue weighted by molar-refractivity contribution is 7.88. The van der Waals surface area contributed by atoms with Gasteiger partial charge in [-0.2, -0.15) is 0 Å². The first-order chi connectivity index (χ1) is 8.33. The third-order valence-electron chi connectivity index (χ3n) is 2.75. The fourth-order valence-electron chi connectivity index (χ4n) is 1.69. The molecule has 0 spiro atoms. The molecule has 19 heavy (non-hydrogen) atoms. The molecular weight excluding hydrogens is 266 g/mol. The molecule has 0 unspecified atom stereocenters. The molecule has 0 saturated heterocycles. The van der Waals surface area contributed by atoms with Crippen LogP contribution in [0.4, 0.5) is 11.4 Å². The predicted octanol–water partition coefficient (Wildman–Crippen LogP) is 0.128.